The zero-order valence-electron chi connectivity index (χ0n) is 14.2. The molecule has 0 nitrogen and oxygen atoms in total. The number of hydrogen-bond donors (Lipinski definition) is 0. The van der Waals surface area contributed by atoms with Crippen molar-refractivity contribution in [2.45, 2.75) is 41.5 Å². The van der Waals surface area contributed by atoms with Crippen LogP contribution in [0.4, 0.5) is 0 Å². The van der Waals surface area contributed by atoms with Gasteiger partial charge < -0.3 is 24.8 Å². The van der Waals surface area contributed by atoms with Crippen LogP contribution in [-0.4, -0.2) is 0 Å². The predicted octanol–water partition coefficient (Wildman–Crippen LogP) is -1.37. The Kier molecular flexibility index (Phi) is 8.62. The van der Waals surface area contributed by atoms with E-state index >= 15 is 0 Å². The van der Waals surface area contributed by atoms with Crippen LogP contribution in [0.5, 0.6) is 0 Å². The Morgan fingerprint density at radius 1 is 0.571 bits per heavy atom. The first kappa shape index (κ1) is 22.0. The molecule has 21 heavy (non-hydrogen) atoms. The summed E-state index contributed by atoms with van der Waals surface area (Å²) in [7, 11) is 0.0826. The molecule has 116 valence electrons. The third-order valence-electron chi connectivity index (χ3n) is 4.83. The van der Waals surface area contributed by atoms with Crippen LogP contribution in [0.2, 0.25) is 0 Å². The summed E-state index contributed by atoms with van der Waals surface area (Å²) in [4.78, 5) is 0. The molecule has 0 fully saturated rings. The predicted molar refractivity (Wildman–Crippen MR) is 88.0 cm³/mol. The molecule has 2 aromatic heterocycles. The second-order valence-corrected chi connectivity index (χ2v) is 15.2. The average molecular weight is 440 g/mol. The van der Waals surface area contributed by atoms with E-state index in [1.54, 1.807) is 32.8 Å². The van der Waals surface area contributed by atoms with Crippen molar-refractivity contribution < 1.29 is 48.0 Å². The minimum Gasteiger partial charge on any atom is -1.00 e. The van der Waals surface area contributed by atoms with E-state index in [4.69, 9.17) is 0 Å². The normalized spacial score (nSPS) is 11.6. The SMILES string of the molecule is Cc1c(C)[c]([Zr+2][c]2c(C)c(C)c(C)p2C)p(C)c1C.[Cl-].[Cl-]. The van der Waals surface area contributed by atoms with Crippen LogP contribution in [0.25, 0.3) is 0 Å². The van der Waals surface area contributed by atoms with Gasteiger partial charge >= 0.3 is 132 Å². The first-order valence-electron chi connectivity index (χ1n) is 6.79. The molecule has 0 bridgehead atoms. The molecule has 0 aliphatic rings. The maximum atomic E-state index is 2.48. The fraction of sp³-hybridized carbons (Fsp3) is 0.500. The van der Waals surface area contributed by atoms with Gasteiger partial charge in [0.15, 0.2) is 0 Å². The summed E-state index contributed by atoms with van der Waals surface area (Å²) >= 11 is -0.543. The standard InChI is InChI=1S/2C8H12P.2ClH.Zr/c2*1-6-5-9(4)8(3)7(6)2;;;/h2*1-4H3;2*1H;/q;;;;+2/p-2. The summed E-state index contributed by atoms with van der Waals surface area (Å²) in [5, 5.41) is 3.36. The second-order valence-electron chi connectivity index (χ2n) is 5.61. The Balaban J connectivity index is 0.00000200. The van der Waals surface area contributed by atoms with Crippen molar-refractivity contribution in [3.63, 3.8) is 0 Å². The van der Waals surface area contributed by atoms with Gasteiger partial charge in [-0.05, 0) is 0 Å². The molecule has 0 amide bonds. The van der Waals surface area contributed by atoms with E-state index in [1.165, 1.54) is 0 Å². The summed E-state index contributed by atoms with van der Waals surface area (Å²) in [6, 6.07) is 0. The van der Waals surface area contributed by atoms with Gasteiger partial charge in [-0.15, -0.1) is 0 Å². The zero-order valence-corrected chi connectivity index (χ0v) is 19.9. The maximum absolute atomic E-state index is 2.48. The Morgan fingerprint density at radius 2 is 0.857 bits per heavy atom. The molecular weight excluding hydrogens is 416 g/mol. The van der Waals surface area contributed by atoms with Crippen molar-refractivity contribution in [1.82, 2.24) is 0 Å². The number of hydrogen-bond acceptors (Lipinski definition) is 0. The molecule has 0 saturated carbocycles. The molecule has 2 rings (SSSR count). The van der Waals surface area contributed by atoms with Crippen molar-refractivity contribution in [3.05, 3.63) is 32.8 Å². The minimum atomic E-state index is -0.543. The summed E-state index contributed by atoms with van der Waals surface area (Å²) in [5.41, 5.74) is 6.51. The smallest absolute Gasteiger partial charge is 1.00 e. The molecule has 0 aliphatic carbocycles. The molecule has 2 aromatic rings. The quantitative estimate of drug-likeness (QED) is 0.541. The van der Waals surface area contributed by atoms with Crippen molar-refractivity contribution in [1.29, 1.82) is 0 Å². The third-order valence-corrected chi connectivity index (χ3v) is 18.8. The van der Waals surface area contributed by atoms with Gasteiger partial charge in [0.25, 0.3) is 0 Å². The van der Waals surface area contributed by atoms with Gasteiger partial charge in [-0.3, -0.25) is 0 Å². The van der Waals surface area contributed by atoms with Gasteiger partial charge in [-0.25, -0.2) is 0 Å². The number of halogens is 2. The van der Waals surface area contributed by atoms with Gasteiger partial charge in [0.1, 0.15) is 0 Å². The summed E-state index contributed by atoms with van der Waals surface area (Å²) < 4.78 is 3.81. The first-order chi connectivity index (χ1) is 8.77. The zero-order chi connectivity index (χ0) is 14.5. The summed E-state index contributed by atoms with van der Waals surface area (Å²) in [6.07, 6.45) is 0. The van der Waals surface area contributed by atoms with E-state index in [0.29, 0.717) is 0 Å². The largest absolute Gasteiger partial charge is 1.00 e. The van der Waals surface area contributed by atoms with E-state index in [9.17, 15) is 0 Å². The van der Waals surface area contributed by atoms with Crippen LogP contribution >= 0.6 is 15.1 Å². The number of rotatable bonds is 2. The van der Waals surface area contributed by atoms with Crippen LogP contribution < -0.4 is 30.8 Å². The summed E-state index contributed by atoms with van der Waals surface area (Å²) in [6.45, 7) is 19.1. The molecule has 0 spiro atoms. The first-order valence-corrected chi connectivity index (χ1v) is 12.8. The molecule has 2 unspecified atom stereocenters. The fourth-order valence-corrected chi connectivity index (χ4v) is 15.6. The molecular formula is C16H24Cl2P2Zr. The van der Waals surface area contributed by atoms with E-state index in [-0.39, 0.29) is 39.9 Å². The van der Waals surface area contributed by atoms with Gasteiger partial charge in [-0.1, -0.05) is 0 Å². The van der Waals surface area contributed by atoms with Gasteiger partial charge in [0.05, 0.1) is 0 Å². The van der Waals surface area contributed by atoms with E-state index in [0.717, 1.165) is 0 Å². The molecule has 0 aliphatic heterocycles. The maximum Gasteiger partial charge on any atom is -1.00 e. The average Bonchev–Trinajstić information content (AvgIpc) is 2.68. The van der Waals surface area contributed by atoms with Crippen LogP contribution in [0, 0.1) is 41.5 Å². The molecule has 0 saturated heterocycles. The minimum absolute atomic E-state index is 0. The molecule has 0 aromatic carbocycles. The van der Waals surface area contributed by atoms with Crippen molar-refractivity contribution in [2.75, 3.05) is 0 Å². The van der Waals surface area contributed by atoms with Crippen molar-refractivity contribution >= 4 is 21.1 Å². The molecule has 2 atom stereocenters. The van der Waals surface area contributed by atoms with E-state index in [1.807, 2.05) is 6.01 Å². The monoisotopic (exact) mass is 438 g/mol. The Bertz CT molecular complexity index is 547. The van der Waals surface area contributed by atoms with Crippen molar-refractivity contribution in [3.8, 4) is 0 Å². The van der Waals surface area contributed by atoms with E-state index < -0.39 is 23.2 Å². The van der Waals surface area contributed by atoms with Crippen LogP contribution in [-0.2, 0) is 36.6 Å². The molecule has 5 heteroatoms. The van der Waals surface area contributed by atoms with Crippen LogP contribution in [0.3, 0.4) is 0 Å². The van der Waals surface area contributed by atoms with Crippen LogP contribution in [0.1, 0.15) is 32.8 Å². The van der Waals surface area contributed by atoms with Gasteiger partial charge in [-0.2, -0.15) is 0 Å². The van der Waals surface area contributed by atoms with Crippen molar-refractivity contribution in [2.24, 2.45) is 13.3 Å². The Labute approximate surface area is 156 Å². The Morgan fingerprint density at radius 3 is 1.05 bits per heavy atom. The summed E-state index contributed by atoms with van der Waals surface area (Å²) in [5.74, 6) is 0. The molecule has 0 N–H and O–H groups in total. The third kappa shape index (κ3) is 3.75. The van der Waals surface area contributed by atoms with Gasteiger partial charge in [0, 0.05) is 0 Å². The Hall–Kier alpha value is 1.02. The topological polar surface area (TPSA) is 0 Å². The van der Waals surface area contributed by atoms with Gasteiger partial charge in [0.2, 0.25) is 0 Å². The molecule has 0 radical (unpaired) electrons. The fourth-order valence-electron chi connectivity index (χ4n) is 2.71. The molecule has 2 heterocycles. The second kappa shape index (κ2) is 8.22. The van der Waals surface area contributed by atoms with Crippen LogP contribution in [0.15, 0.2) is 0 Å². The van der Waals surface area contributed by atoms with E-state index in [2.05, 4.69) is 54.9 Å².